The van der Waals surface area contributed by atoms with Crippen molar-refractivity contribution in [2.24, 2.45) is 10.2 Å². The molecule has 4 aromatic rings. The number of rotatable bonds is 11. The quantitative estimate of drug-likeness (QED) is 0.0918. The maximum Gasteiger partial charge on any atom is 0.253 e. The number of aryl methyl sites for hydroxylation is 1. The summed E-state index contributed by atoms with van der Waals surface area (Å²) in [4.78, 5) is 30.8. The molecule has 11 nitrogen and oxygen atoms in total. The van der Waals surface area contributed by atoms with E-state index in [9.17, 15) is 19.1 Å². The smallest absolute Gasteiger partial charge is 0.253 e. The highest BCUT2D eigenvalue weighted by atomic mass is 19.1. The number of aromatic hydroxyl groups is 1. The molecule has 0 radical (unpaired) electrons. The Bertz CT molecular complexity index is 1730. The van der Waals surface area contributed by atoms with Crippen molar-refractivity contribution in [3.8, 4) is 11.6 Å². The highest BCUT2D eigenvalue weighted by molar-refractivity contribution is 5.96. The van der Waals surface area contributed by atoms with Gasteiger partial charge in [-0.2, -0.15) is 5.11 Å². The van der Waals surface area contributed by atoms with Crippen molar-refractivity contribution in [2.75, 3.05) is 24.7 Å². The van der Waals surface area contributed by atoms with Gasteiger partial charge in [-0.25, -0.2) is 4.39 Å². The number of nitrogens with zero attached hydrogens (tertiary/aromatic N) is 2. The zero-order valence-corrected chi connectivity index (χ0v) is 22.8. The molecule has 2 aromatic heterocycles. The minimum absolute atomic E-state index is 0.102. The van der Waals surface area contributed by atoms with Gasteiger partial charge in [0.1, 0.15) is 11.6 Å². The van der Waals surface area contributed by atoms with Gasteiger partial charge in [-0.05, 0) is 50.1 Å². The Labute approximate surface area is 235 Å². The van der Waals surface area contributed by atoms with Crippen molar-refractivity contribution in [3.63, 3.8) is 0 Å². The van der Waals surface area contributed by atoms with Crippen LogP contribution in [0.4, 0.5) is 21.5 Å². The summed E-state index contributed by atoms with van der Waals surface area (Å²) in [5.41, 5.74) is 8.54. The van der Waals surface area contributed by atoms with Gasteiger partial charge in [-0.1, -0.05) is 13.0 Å². The number of nitrogens with one attached hydrogen (secondary N) is 4. The lowest BCUT2D eigenvalue weighted by Gasteiger charge is -2.10. The van der Waals surface area contributed by atoms with Crippen molar-refractivity contribution < 1.29 is 23.8 Å². The predicted octanol–water partition coefficient (Wildman–Crippen LogP) is 4.10. The van der Waals surface area contributed by atoms with Crippen LogP contribution in [0.25, 0.3) is 23.7 Å². The number of carbonyl (C=O) groups excluding carboxylic acids is 2. The molecule has 0 saturated heterocycles. The number of halogens is 1. The van der Waals surface area contributed by atoms with Crippen LogP contribution in [0.3, 0.4) is 0 Å². The Hall–Kier alpha value is -5.13. The number of nitrogen functional groups attached to an aromatic ring is 1. The number of hydrogen-bond donors (Lipinski definition) is 6. The second-order valence-electron chi connectivity index (χ2n) is 9.44. The van der Waals surface area contributed by atoms with Gasteiger partial charge in [0.15, 0.2) is 5.69 Å². The van der Waals surface area contributed by atoms with E-state index in [0.29, 0.717) is 75.7 Å². The van der Waals surface area contributed by atoms with Gasteiger partial charge in [0.05, 0.1) is 41.1 Å². The molecule has 0 aliphatic rings. The Morgan fingerprint density at radius 1 is 1.17 bits per heavy atom. The third kappa shape index (κ3) is 6.90. The summed E-state index contributed by atoms with van der Waals surface area (Å²) >= 11 is 0. The normalized spacial score (nSPS) is 11.8. The van der Waals surface area contributed by atoms with E-state index in [4.69, 9.17) is 10.5 Å². The number of hydrogen-bond acceptors (Lipinski definition) is 7. The molecule has 0 spiro atoms. The Balaban J connectivity index is 1.27. The van der Waals surface area contributed by atoms with Crippen LogP contribution < -0.4 is 31.7 Å². The number of azo groups is 1. The van der Waals surface area contributed by atoms with Crippen LogP contribution in [0.1, 0.15) is 41.7 Å². The van der Waals surface area contributed by atoms with Crippen molar-refractivity contribution in [3.05, 3.63) is 64.0 Å². The second kappa shape index (κ2) is 12.8. The molecule has 2 heterocycles. The lowest BCUT2D eigenvalue weighted by atomic mass is 10.1. The molecule has 0 atom stereocenters. The Kier molecular flexibility index (Phi) is 9.02. The van der Waals surface area contributed by atoms with Crippen LogP contribution in [0.5, 0.6) is 11.6 Å². The number of fused-ring (bicyclic) bond motifs is 1. The molecule has 0 fully saturated rings. The van der Waals surface area contributed by atoms with E-state index in [-0.39, 0.29) is 23.4 Å². The fourth-order valence-corrected chi connectivity index (χ4v) is 4.37. The third-order valence-corrected chi connectivity index (χ3v) is 6.51. The number of methoxy groups -OCH3 is 1. The van der Waals surface area contributed by atoms with E-state index >= 15 is 0 Å². The molecule has 0 saturated carbocycles. The maximum atomic E-state index is 13.6. The molecule has 0 aliphatic carbocycles. The van der Waals surface area contributed by atoms with Crippen LogP contribution >= 0.6 is 0 Å². The van der Waals surface area contributed by atoms with E-state index in [1.165, 1.54) is 24.4 Å². The van der Waals surface area contributed by atoms with Crippen molar-refractivity contribution in [2.45, 2.75) is 32.6 Å². The molecule has 214 valence electrons. The highest BCUT2D eigenvalue weighted by Gasteiger charge is 2.14. The highest BCUT2D eigenvalue weighted by Crippen LogP contribution is 2.35. The molecule has 2 aromatic carbocycles. The van der Waals surface area contributed by atoms with Crippen molar-refractivity contribution in [1.29, 1.82) is 0 Å². The molecule has 0 aliphatic heterocycles. The summed E-state index contributed by atoms with van der Waals surface area (Å²) in [5.74, 6) is -0.498. The van der Waals surface area contributed by atoms with Crippen molar-refractivity contribution >= 4 is 52.6 Å². The molecule has 41 heavy (non-hydrogen) atoms. The monoisotopic (exact) mass is 561 g/mol. The van der Waals surface area contributed by atoms with Gasteiger partial charge >= 0.3 is 0 Å². The largest absolute Gasteiger partial charge is 0.497 e. The summed E-state index contributed by atoms with van der Waals surface area (Å²) in [6, 6.07) is 9.09. The van der Waals surface area contributed by atoms with Gasteiger partial charge in [0, 0.05) is 35.3 Å². The fraction of sp³-hybridized carbons (Fsp3) is 0.241. The molecule has 12 heteroatoms. The van der Waals surface area contributed by atoms with Crippen LogP contribution in [0.2, 0.25) is 0 Å². The van der Waals surface area contributed by atoms with E-state index in [2.05, 4.69) is 37.4 Å². The number of aromatic nitrogens is 2. The van der Waals surface area contributed by atoms with E-state index < -0.39 is 5.82 Å². The molecule has 2 amide bonds. The number of aromatic amines is 2. The van der Waals surface area contributed by atoms with Crippen molar-refractivity contribution in [1.82, 2.24) is 15.3 Å². The first kappa shape index (κ1) is 28.9. The summed E-state index contributed by atoms with van der Waals surface area (Å²) in [5, 5.41) is 25.1. The molecule has 4 rings (SSSR count). The van der Waals surface area contributed by atoms with Gasteiger partial charge in [0.25, 0.3) is 5.91 Å². The lowest BCUT2D eigenvalue weighted by Crippen LogP contribution is -2.32. The van der Waals surface area contributed by atoms with Crippen LogP contribution in [-0.2, 0) is 4.79 Å². The number of H-pyrrole nitrogens is 2. The lowest BCUT2D eigenvalue weighted by molar-refractivity contribution is -0.116. The number of carbonyl (C=O) groups is 2. The first-order valence-corrected chi connectivity index (χ1v) is 13.0. The van der Waals surface area contributed by atoms with E-state index in [1.54, 1.807) is 32.2 Å². The summed E-state index contributed by atoms with van der Waals surface area (Å²) in [7, 11) is 1.55. The number of benzene rings is 2. The first-order chi connectivity index (χ1) is 19.7. The fourth-order valence-electron chi connectivity index (χ4n) is 4.37. The van der Waals surface area contributed by atoms with Gasteiger partial charge < -0.3 is 36.2 Å². The first-order valence-electron chi connectivity index (χ1n) is 13.0. The third-order valence-electron chi connectivity index (χ3n) is 6.51. The molecule has 0 bridgehead atoms. The van der Waals surface area contributed by atoms with E-state index in [1.807, 2.05) is 0 Å². The summed E-state index contributed by atoms with van der Waals surface area (Å²) in [6.07, 6.45) is 3.82. The van der Waals surface area contributed by atoms with E-state index in [0.717, 1.165) is 6.42 Å². The Morgan fingerprint density at radius 2 is 1.98 bits per heavy atom. The van der Waals surface area contributed by atoms with Crippen LogP contribution in [0.15, 0.2) is 46.6 Å². The summed E-state index contributed by atoms with van der Waals surface area (Å²) < 4.78 is 18.7. The van der Waals surface area contributed by atoms with Gasteiger partial charge in [0.2, 0.25) is 11.8 Å². The number of nitrogens with two attached hydrogens (primary N) is 1. The number of amides is 2. The Morgan fingerprint density at radius 3 is 2.73 bits per heavy atom. The number of anilines is 2. The second-order valence-corrected chi connectivity index (χ2v) is 9.44. The molecule has 7 N–H and O–H groups in total. The minimum atomic E-state index is -0.464. The topological polar surface area (TPSA) is 170 Å². The van der Waals surface area contributed by atoms with Gasteiger partial charge in [-0.15, -0.1) is 5.11 Å². The summed E-state index contributed by atoms with van der Waals surface area (Å²) in [6.45, 7) is 6.18. The molecule has 0 unspecified atom stereocenters. The molecular formula is C29H32FN7O4. The average molecular weight is 562 g/mol. The zero-order valence-electron chi connectivity index (χ0n) is 22.8. The number of ether oxygens (including phenoxy) is 1. The average Bonchev–Trinajstić information content (AvgIpc) is 3.40. The minimum Gasteiger partial charge on any atom is -0.497 e. The van der Waals surface area contributed by atoms with Gasteiger partial charge in [-0.3, -0.25) is 9.59 Å². The SMILES string of the molecule is C=c1c(C(=O)NCCCCCC(=O)Nc2ccc(OC)cc2N)c(C)[nH]c1=CN=Nc1c(O)[nH]c2ccc(F)cc12. The molecular weight excluding hydrogens is 529 g/mol. The van der Waals surface area contributed by atoms with Crippen LogP contribution in [-0.4, -0.2) is 40.5 Å². The zero-order chi connectivity index (χ0) is 29.5. The number of unbranched alkanes of at least 4 members (excludes halogenated alkanes) is 2. The van der Waals surface area contributed by atoms with Crippen LogP contribution in [0, 0.1) is 12.7 Å². The standard InChI is InChI=1S/C29H32FN7O4/c1-16-24(15-33-37-27-20-13-18(30)8-10-22(20)36-29(27)40)34-17(2)26(16)28(39)32-12-6-4-5-7-25(38)35-23-11-9-19(41-3)14-21(23)31/h8-11,13-15,34,36,40H,1,4-7,12,31H2,2-3H3,(H,32,39)(H,35,38). The predicted molar refractivity (Wildman–Crippen MR) is 156 cm³/mol. The maximum absolute atomic E-state index is 13.6.